The zero-order valence-corrected chi connectivity index (χ0v) is 10.1. The molecule has 3 N–H and O–H groups in total. The Balaban J connectivity index is 3.08. The van der Waals surface area contributed by atoms with Gasteiger partial charge in [0.25, 0.3) is 0 Å². The molecule has 0 heterocycles. The number of rotatable bonds is 4. The number of phenolic OH excluding ortho intramolecular Hbond substituents is 1. The topological polar surface area (TPSA) is 64.3 Å². The van der Waals surface area contributed by atoms with Crippen molar-refractivity contribution in [1.29, 1.82) is 5.41 Å². The van der Waals surface area contributed by atoms with Crippen molar-refractivity contribution in [1.82, 2.24) is 0 Å². The second-order valence-electron chi connectivity index (χ2n) is 4.11. The highest BCUT2D eigenvalue weighted by molar-refractivity contribution is 6.31. The number of hydrogen-bond donors (Lipinski definition) is 3. The number of aliphatic hydroxyl groups is 1. The number of halogens is 1. The van der Waals surface area contributed by atoms with Crippen LogP contribution in [-0.4, -0.2) is 22.5 Å². The lowest BCUT2D eigenvalue weighted by Gasteiger charge is -2.20. The molecule has 0 aliphatic rings. The van der Waals surface area contributed by atoms with Gasteiger partial charge in [-0.3, -0.25) is 0 Å². The second kappa shape index (κ2) is 5.32. The van der Waals surface area contributed by atoms with E-state index < -0.39 is 0 Å². The summed E-state index contributed by atoms with van der Waals surface area (Å²) in [4.78, 5) is 0. The van der Waals surface area contributed by atoms with Crippen molar-refractivity contribution in [2.45, 2.75) is 13.8 Å². The maximum atomic E-state index is 9.65. The Labute approximate surface area is 100 Å². The first-order valence-corrected chi connectivity index (χ1v) is 5.53. The van der Waals surface area contributed by atoms with Crippen LogP contribution in [0.25, 0.3) is 0 Å². The van der Waals surface area contributed by atoms with Crippen molar-refractivity contribution in [3.63, 3.8) is 0 Å². The summed E-state index contributed by atoms with van der Waals surface area (Å²) in [6.07, 6.45) is 0. The average molecular weight is 242 g/mol. The number of nitrogens with one attached hydrogen (secondary N) is 1. The second-order valence-corrected chi connectivity index (χ2v) is 4.54. The predicted octanol–water partition coefficient (Wildman–Crippen LogP) is 2.68. The van der Waals surface area contributed by atoms with E-state index in [1.807, 2.05) is 13.8 Å². The number of hydrogen-bond acceptors (Lipinski definition) is 3. The smallest absolute Gasteiger partial charge is 0.124 e. The summed E-state index contributed by atoms with van der Waals surface area (Å²) in [5.74, 6) is -0.131. The van der Waals surface area contributed by atoms with Gasteiger partial charge in [-0.15, -0.1) is 0 Å². The van der Waals surface area contributed by atoms with Gasteiger partial charge in [0.15, 0.2) is 0 Å². The van der Waals surface area contributed by atoms with Crippen LogP contribution < -0.4 is 0 Å². The lowest BCUT2D eigenvalue weighted by atomic mass is 9.87. The summed E-state index contributed by atoms with van der Waals surface area (Å²) in [5.41, 5.74) is 0.609. The molecule has 3 nitrogen and oxygen atoms in total. The first-order valence-electron chi connectivity index (χ1n) is 5.15. The van der Waals surface area contributed by atoms with Gasteiger partial charge in [0.2, 0.25) is 0 Å². The molecule has 0 saturated carbocycles. The maximum absolute atomic E-state index is 9.65. The number of aliphatic hydroxyl groups excluding tert-OH is 1. The largest absolute Gasteiger partial charge is 0.507 e. The highest BCUT2D eigenvalue weighted by Gasteiger charge is 2.21. The molecular weight excluding hydrogens is 226 g/mol. The van der Waals surface area contributed by atoms with E-state index in [0.29, 0.717) is 10.6 Å². The van der Waals surface area contributed by atoms with Crippen LogP contribution in [0.15, 0.2) is 18.2 Å². The Hall–Kier alpha value is -1.06. The summed E-state index contributed by atoms with van der Waals surface area (Å²) in [6, 6.07) is 4.57. The summed E-state index contributed by atoms with van der Waals surface area (Å²) < 4.78 is 0. The van der Waals surface area contributed by atoms with E-state index in [0.717, 1.165) is 0 Å². The fraction of sp³-hybridized carbons (Fsp3) is 0.417. The zero-order chi connectivity index (χ0) is 12.3. The molecule has 1 aromatic carbocycles. The zero-order valence-electron chi connectivity index (χ0n) is 9.37. The molecule has 1 aromatic rings. The molecule has 0 radical (unpaired) electrons. The van der Waals surface area contributed by atoms with Gasteiger partial charge in [0, 0.05) is 22.2 Å². The quantitative estimate of drug-likeness (QED) is 0.710. The van der Waals surface area contributed by atoms with E-state index in [2.05, 4.69) is 0 Å². The number of phenols is 1. The number of benzene rings is 1. The van der Waals surface area contributed by atoms with E-state index in [1.54, 1.807) is 12.1 Å². The SMILES string of the molecule is CC(C)C(CO)C(=N)c1cc(Cl)ccc1O. The Kier molecular flexibility index (Phi) is 4.33. The molecule has 0 aliphatic heterocycles. The van der Waals surface area contributed by atoms with Crippen molar-refractivity contribution < 1.29 is 10.2 Å². The van der Waals surface area contributed by atoms with Crippen molar-refractivity contribution in [3.05, 3.63) is 28.8 Å². The molecule has 0 aliphatic carbocycles. The van der Waals surface area contributed by atoms with Gasteiger partial charge in [-0.1, -0.05) is 25.4 Å². The van der Waals surface area contributed by atoms with Gasteiger partial charge in [0.05, 0.1) is 6.61 Å². The third-order valence-electron chi connectivity index (χ3n) is 2.62. The normalized spacial score (nSPS) is 12.8. The minimum atomic E-state index is -0.288. The molecule has 1 atom stereocenters. The monoisotopic (exact) mass is 241 g/mol. The predicted molar refractivity (Wildman–Crippen MR) is 65.4 cm³/mol. The standard InChI is InChI=1S/C12H16ClNO2/c1-7(2)10(6-15)12(14)9-5-8(13)3-4-11(9)16/h3-5,7,10,14-16H,6H2,1-2H3. The van der Waals surface area contributed by atoms with Crippen LogP contribution in [0.3, 0.4) is 0 Å². The molecule has 0 spiro atoms. The third-order valence-corrected chi connectivity index (χ3v) is 2.86. The van der Waals surface area contributed by atoms with Crippen LogP contribution in [-0.2, 0) is 0 Å². The van der Waals surface area contributed by atoms with E-state index in [9.17, 15) is 10.2 Å². The van der Waals surface area contributed by atoms with Crippen LogP contribution >= 0.6 is 11.6 Å². The molecule has 0 bridgehead atoms. The fourth-order valence-electron chi connectivity index (χ4n) is 1.56. The van der Waals surface area contributed by atoms with E-state index in [1.165, 1.54) is 6.07 Å². The van der Waals surface area contributed by atoms with E-state index in [-0.39, 0.29) is 29.9 Å². The molecule has 16 heavy (non-hydrogen) atoms. The average Bonchev–Trinajstić information content (AvgIpc) is 2.22. The van der Waals surface area contributed by atoms with Crippen molar-refractivity contribution in [3.8, 4) is 5.75 Å². The van der Waals surface area contributed by atoms with E-state index >= 15 is 0 Å². The van der Waals surface area contributed by atoms with Gasteiger partial charge in [-0.2, -0.15) is 0 Å². The lowest BCUT2D eigenvalue weighted by Crippen LogP contribution is -2.24. The Morgan fingerprint density at radius 2 is 2.06 bits per heavy atom. The van der Waals surface area contributed by atoms with Crippen LogP contribution in [0.1, 0.15) is 19.4 Å². The summed E-state index contributed by atoms with van der Waals surface area (Å²) in [6.45, 7) is 3.75. The lowest BCUT2D eigenvalue weighted by molar-refractivity contribution is 0.232. The van der Waals surface area contributed by atoms with Crippen molar-refractivity contribution in [2.24, 2.45) is 11.8 Å². The molecule has 0 amide bonds. The molecule has 1 unspecified atom stereocenters. The molecular formula is C12H16ClNO2. The fourth-order valence-corrected chi connectivity index (χ4v) is 1.73. The third kappa shape index (κ3) is 2.74. The highest BCUT2D eigenvalue weighted by atomic mass is 35.5. The minimum absolute atomic E-state index is 0.0218. The number of aromatic hydroxyl groups is 1. The maximum Gasteiger partial charge on any atom is 0.124 e. The van der Waals surface area contributed by atoms with Crippen LogP contribution in [0.5, 0.6) is 5.75 Å². The Morgan fingerprint density at radius 1 is 1.44 bits per heavy atom. The van der Waals surface area contributed by atoms with Gasteiger partial charge in [0.1, 0.15) is 5.75 Å². The van der Waals surface area contributed by atoms with Crippen LogP contribution in [0, 0.1) is 17.2 Å². The van der Waals surface area contributed by atoms with Gasteiger partial charge < -0.3 is 15.6 Å². The Morgan fingerprint density at radius 3 is 2.56 bits per heavy atom. The van der Waals surface area contributed by atoms with Crippen LogP contribution in [0.2, 0.25) is 5.02 Å². The molecule has 88 valence electrons. The van der Waals surface area contributed by atoms with Crippen molar-refractivity contribution >= 4 is 17.3 Å². The first kappa shape index (κ1) is 13.0. The van der Waals surface area contributed by atoms with Gasteiger partial charge in [-0.05, 0) is 24.1 Å². The summed E-state index contributed by atoms with van der Waals surface area (Å²) in [5, 5.41) is 27.3. The van der Waals surface area contributed by atoms with Crippen molar-refractivity contribution in [2.75, 3.05) is 6.61 Å². The first-order chi connectivity index (χ1) is 7.47. The molecule has 0 saturated heterocycles. The Bertz CT molecular complexity index is 391. The molecule has 4 heteroatoms. The van der Waals surface area contributed by atoms with Gasteiger partial charge >= 0.3 is 0 Å². The summed E-state index contributed by atoms with van der Waals surface area (Å²) in [7, 11) is 0. The molecule has 0 aromatic heterocycles. The van der Waals surface area contributed by atoms with Gasteiger partial charge in [-0.25, -0.2) is 0 Å². The minimum Gasteiger partial charge on any atom is -0.507 e. The summed E-state index contributed by atoms with van der Waals surface area (Å²) >= 11 is 5.82. The molecule has 0 fully saturated rings. The molecule has 1 rings (SSSR count). The van der Waals surface area contributed by atoms with Crippen LogP contribution in [0.4, 0.5) is 0 Å². The highest BCUT2D eigenvalue weighted by Crippen LogP contribution is 2.26. The van der Waals surface area contributed by atoms with E-state index in [4.69, 9.17) is 17.0 Å².